The third-order valence-electron chi connectivity index (χ3n) is 3.62. The average Bonchev–Trinajstić information content (AvgIpc) is 3.10. The largest absolute Gasteiger partial charge is 0.495 e. The maximum atomic E-state index is 7.39. The third-order valence-corrected chi connectivity index (χ3v) is 4.89. The second kappa shape index (κ2) is 4.43. The van der Waals surface area contributed by atoms with Gasteiger partial charge >= 0.3 is 0 Å². The number of rotatable bonds is 3. The van der Waals surface area contributed by atoms with E-state index in [0.717, 1.165) is 27.8 Å². The molecule has 0 saturated heterocycles. The first-order chi connectivity index (χ1) is 9.15. The summed E-state index contributed by atoms with van der Waals surface area (Å²) in [6, 6.07) is 4.09. The van der Waals surface area contributed by atoms with Crippen LogP contribution < -0.4 is 4.74 Å². The van der Waals surface area contributed by atoms with E-state index in [4.69, 9.17) is 11.3 Å². The van der Waals surface area contributed by atoms with E-state index in [2.05, 4.69) is 22.4 Å². The van der Waals surface area contributed by atoms with Crippen LogP contribution in [0.3, 0.4) is 0 Å². The molecule has 0 aromatic carbocycles. The molecule has 2 aromatic heterocycles. The first-order valence-corrected chi connectivity index (χ1v) is 7.22. The van der Waals surface area contributed by atoms with E-state index in [1.807, 2.05) is 13.0 Å². The van der Waals surface area contributed by atoms with Crippen molar-refractivity contribution < 1.29 is 4.74 Å². The minimum absolute atomic E-state index is 0.692. The Morgan fingerprint density at radius 1 is 1.37 bits per heavy atom. The number of nitrogens with zero attached hydrogens (tertiary/aromatic N) is 2. The Kier molecular flexibility index (Phi) is 2.87. The van der Waals surface area contributed by atoms with Crippen LogP contribution in [-0.4, -0.2) is 11.7 Å². The molecule has 0 aliphatic heterocycles. The van der Waals surface area contributed by atoms with Crippen molar-refractivity contribution in [1.82, 2.24) is 4.57 Å². The van der Waals surface area contributed by atoms with Crippen molar-refractivity contribution in [3.8, 4) is 10.8 Å². The summed E-state index contributed by atoms with van der Waals surface area (Å²) in [7, 11) is 1.69. The molecule has 1 aliphatic carbocycles. The first-order valence-electron chi connectivity index (χ1n) is 6.40. The standard InChI is InChI=1S/C15H16N2OS/c1-9-7-13(18-4)10(2)17(9)15-12(16-3)8-14(19-15)11-5-6-11/h7-8,11H,5-6H2,1-2,4H3. The molecule has 1 fully saturated rings. The van der Waals surface area contributed by atoms with E-state index in [-0.39, 0.29) is 0 Å². The molecule has 0 amide bonds. The van der Waals surface area contributed by atoms with E-state index in [9.17, 15) is 0 Å². The molecule has 19 heavy (non-hydrogen) atoms. The molecule has 3 nitrogen and oxygen atoms in total. The zero-order valence-electron chi connectivity index (χ0n) is 11.4. The molecule has 3 rings (SSSR count). The van der Waals surface area contributed by atoms with Gasteiger partial charge in [0.15, 0.2) is 0 Å². The highest BCUT2D eigenvalue weighted by molar-refractivity contribution is 7.15. The quantitative estimate of drug-likeness (QED) is 0.747. The fourth-order valence-electron chi connectivity index (χ4n) is 2.45. The number of methoxy groups -OCH3 is 1. The van der Waals surface area contributed by atoms with E-state index >= 15 is 0 Å². The van der Waals surface area contributed by atoms with Gasteiger partial charge in [0.05, 0.1) is 19.4 Å². The molecule has 0 radical (unpaired) electrons. The van der Waals surface area contributed by atoms with Gasteiger partial charge in [0.25, 0.3) is 0 Å². The average molecular weight is 272 g/mol. The minimum atomic E-state index is 0.692. The van der Waals surface area contributed by atoms with Gasteiger partial charge in [0.2, 0.25) is 5.69 Å². The Balaban J connectivity index is 2.16. The number of thiophene rings is 1. The van der Waals surface area contributed by atoms with Crippen LogP contribution in [0.4, 0.5) is 5.69 Å². The van der Waals surface area contributed by atoms with Crippen LogP contribution in [0.1, 0.15) is 35.0 Å². The zero-order valence-corrected chi connectivity index (χ0v) is 12.2. The van der Waals surface area contributed by atoms with Crippen LogP contribution in [0.2, 0.25) is 0 Å². The van der Waals surface area contributed by atoms with Crippen LogP contribution in [0.25, 0.3) is 9.85 Å². The monoisotopic (exact) mass is 272 g/mol. The van der Waals surface area contributed by atoms with Crippen LogP contribution in [0, 0.1) is 20.4 Å². The SMILES string of the molecule is [C-]#[N+]c1cc(C2CC2)sc1-n1c(C)cc(OC)c1C. The van der Waals surface area contributed by atoms with Gasteiger partial charge in [-0.2, -0.15) is 0 Å². The van der Waals surface area contributed by atoms with Gasteiger partial charge in [-0.1, -0.05) is 0 Å². The van der Waals surface area contributed by atoms with Crippen LogP contribution >= 0.6 is 11.3 Å². The molecule has 0 N–H and O–H groups in total. The number of ether oxygens (including phenoxy) is 1. The molecule has 4 heteroatoms. The molecule has 2 heterocycles. The van der Waals surface area contributed by atoms with Crippen LogP contribution in [0.15, 0.2) is 12.1 Å². The van der Waals surface area contributed by atoms with E-state index in [0.29, 0.717) is 5.92 Å². The van der Waals surface area contributed by atoms with Gasteiger partial charge < -0.3 is 9.30 Å². The topological polar surface area (TPSA) is 18.5 Å². The second-order valence-corrected chi connectivity index (χ2v) is 6.06. The van der Waals surface area contributed by atoms with Crippen molar-refractivity contribution in [2.45, 2.75) is 32.6 Å². The van der Waals surface area contributed by atoms with E-state index in [1.165, 1.54) is 17.7 Å². The summed E-state index contributed by atoms with van der Waals surface area (Å²) in [6.07, 6.45) is 2.54. The van der Waals surface area contributed by atoms with Gasteiger partial charge in [0.1, 0.15) is 10.8 Å². The van der Waals surface area contributed by atoms with Crippen LogP contribution in [0.5, 0.6) is 5.75 Å². The molecule has 0 unspecified atom stereocenters. The van der Waals surface area contributed by atoms with Crippen molar-refractivity contribution in [1.29, 1.82) is 0 Å². The smallest absolute Gasteiger partial charge is 0.221 e. The molecular weight excluding hydrogens is 256 g/mol. The van der Waals surface area contributed by atoms with Gasteiger partial charge in [-0.05, 0) is 43.6 Å². The molecule has 2 aromatic rings. The maximum Gasteiger partial charge on any atom is 0.221 e. The summed E-state index contributed by atoms with van der Waals surface area (Å²) in [6.45, 7) is 11.5. The van der Waals surface area contributed by atoms with Crippen molar-refractivity contribution in [3.05, 3.63) is 39.8 Å². The van der Waals surface area contributed by atoms with Crippen LogP contribution in [-0.2, 0) is 0 Å². The summed E-state index contributed by atoms with van der Waals surface area (Å²) in [4.78, 5) is 5.05. The number of aromatic nitrogens is 1. The van der Waals surface area contributed by atoms with Gasteiger partial charge in [-0.3, -0.25) is 0 Å². The van der Waals surface area contributed by atoms with Gasteiger partial charge in [-0.15, -0.1) is 11.3 Å². The molecule has 0 atom stereocenters. The Bertz CT molecular complexity index is 671. The van der Waals surface area contributed by atoms with E-state index < -0.39 is 0 Å². The molecule has 0 bridgehead atoms. The fourth-order valence-corrected chi connectivity index (χ4v) is 3.83. The summed E-state index contributed by atoms with van der Waals surface area (Å²) >= 11 is 1.75. The number of hydrogen-bond donors (Lipinski definition) is 0. The Labute approximate surface area is 117 Å². The highest BCUT2D eigenvalue weighted by Crippen LogP contribution is 2.48. The summed E-state index contributed by atoms with van der Waals surface area (Å²) in [5, 5.41) is 1.04. The Morgan fingerprint density at radius 2 is 2.11 bits per heavy atom. The van der Waals surface area contributed by atoms with E-state index in [1.54, 1.807) is 18.4 Å². The molecular formula is C15H16N2OS. The molecule has 98 valence electrons. The lowest BCUT2D eigenvalue weighted by Crippen LogP contribution is -1.96. The first kappa shape index (κ1) is 12.3. The van der Waals surface area contributed by atoms with Gasteiger partial charge in [0, 0.05) is 11.8 Å². The maximum absolute atomic E-state index is 7.39. The molecule has 1 aliphatic rings. The summed E-state index contributed by atoms with van der Waals surface area (Å²) in [5.74, 6) is 1.58. The lowest BCUT2D eigenvalue weighted by molar-refractivity contribution is 0.411. The third kappa shape index (κ3) is 1.95. The normalized spacial score (nSPS) is 14.4. The second-order valence-electron chi connectivity index (χ2n) is 5.00. The lowest BCUT2D eigenvalue weighted by atomic mass is 10.3. The predicted molar refractivity (Wildman–Crippen MR) is 77.9 cm³/mol. The summed E-state index contributed by atoms with van der Waals surface area (Å²) < 4.78 is 7.52. The number of aryl methyl sites for hydroxylation is 1. The lowest BCUT2D eigenvalue weighted by Gasteiger charge is -2.07. The molecule has 1 saturated carbocycles. The Morgan fingerprint density at radius 3 is 2.63 bits per heavy atom. The highest BCUT2D eigenvalue weighted by atomic mass is 32.1. The number of hydrogen-bond acceptors (Lipinski definition) is 2. The summed E-state index contributed by atoms with van der Waals surface area (Å²) in [5.41, 5.74) is 2.94. The predicted octanol–water partition coefficient (Wildman–Crippen LogP) is 4.59. The highest BCUT2D eigenvalue weighted by Gasteiger charge is 2.27. The Hall–Kier alpha value is -1.73. The van der Waals surface area contributed by atoms with Crippen molar-refractivity contribution in [2.75, 3.05) is 7.11 Å². The van der Waals surface area contributed by atoms with Crippen molar-refractivity contribution >= 4 is 17.0 Å². The zero-order chi connectivity index (χ0) is 13.6. The minimum Gasteiger partial charge on any atom is -0.495 e. The van der Waals surface area contributed by atoms with Crippen molar-refractivity contribution in [2.24, 2.45) is 0 Å². The van der Waals surface area contributed by atoms with Gasteiger partial charge in [-0.25, -0.2) is 4.85 Å². The fraction of sp³-hybridized carbons (Fsp3) is 0.400. The van der Waals surface area contributed by atoms with Crippen molar-refractivity contribution in [3.63, 3.8) is 0 Å². The molecule has 0 spiro atoms.